The van der Waals surface area contributed by atoms with E-state index in [0.29, 0.717) is 0 Å². The molecule has 0 saturated carbocycles. The smallest absolute Gasteiger partial charge is 0.456 e. The van der Waals surface area contributed by atoms with E-state index in [9.17, 15) is 0 Å². The summed E-state index contributed by atoms with van der Waals surface area (Å²) >= 11 is 0. The molecule has 0 radical (unpaired) electrons. The predicted octanol–water partition coefficient (Wildman–Crippen LogP) is 7.45. The van der Waals surface area contributed by atoms with Crippen molar-refractivity contribution in [3.63, 3.8) is 0 Å². The summed E-state index contributed by atoms with van der Waals surface area (Å²) in [4.78, 5) is 0. The van der Waals surface area contributed by atoms with Crippen molar-refractivity contribution in [1.82, 2.24) is 0 Å². The molecule has 0 N–H and O–H groups in total. The van der Waals surface area contributed by atoms with Crippen molar-refractivity contribution in [3.8, 4) is 11.1 Å². The first-order valence-corrected chi connectivity index (χ1v) is 12.0. The van der Waals surface area contributed by atoms with Crippen LogP contribution in [0.15, 0.2) is 87.7 Å². The SMILES string of the molecule is CC1(C)OB(c2cc(-c3ccc4c(c3)oc3ccccc34)c3oc4ccccc4c3c2)OC1(C)C. The van der Waals surface area contributed by atoms with Crippen LogP contribution in [-0.2, 0) is 9.31 Å². The zero-order chi connectivity index (χ0) is 23.9. The van der Waals surface area contributed by atoms with Crippen LogP contribution >= 0.6 is 0 Å². The molecule has 0 bridgehead atoms. The third kappa shape index (κ3) is 3.02. The van der Waals surface area contributed by atoms with Gasteiger partial charge < -0.3 is 18.1 Å². The van der Waals surface area contributed by atoms with Crippen LogP contribution in [0.4, 0.5) is 0 Å². The van der Waals surface area contributed by atoms with Gasteiger partial charge in [-0.25, -0.2) is 0 Å². The first-order valence-electron chi connectivity index (χ1n) is 12.0. The minimum atomic E-state index is -0.466. The zero-order valence-electron chi connectivity index (χ0n) is 20.2. The Morgan fingerprint density at radius 2 is 1.17 bits per heavy atom. The number of hydrogen-bond donors (Lipinski definition) is 0. The number of rotatable bonds is 2. The summed E-state index contributed by atoms with van der Waals surface area (Å²) in [6.07, 6.45) is 0. The number of benzene rings is 4. The number of para-hydroxylation sites is 2. The van der Waals surface area contributed by atoms with Gasteiger partial charge in [-0.05, 0) is 63.0 Å². The molecule has 0 spiro atoms. The van der Waals surface area contributed by atoms with Crippen molar-refractivity contribution < 1.29 is 18.1 Å². The molecule has 1 aliphatic heterocycles. The van der Waals surface area contributed by atoms with Crippen LogP contribution in [0, 0.1) is 0 Å². The van der Waals surface area contributed by atoms with Gasteiger partial charge in [-0.2, -0.15) is 0 Å². The van der Waals surface area contributed by atoms with Crippen molar-refractivity contribution in [2.75, 3.05) is 0 Å². The monoisotopic (exact) mass is 460 g/mol. The van der Waals surface area contributed by atoms with Crippen LogP contribution in [0.1, 0.15) is 27.7 Å². The fourth-order valence-corrected chi connectivity index (χ4v) is 5.07. The third-order valence-corrected chi connectivity index (χ3v) is 7.72. The molecule has 1 saturated heterocycles. The van der Waals surface area contributed by atoms with E-state index in [2.05, 4.69) is 70.2 Å². The summed E-state index contributed by atoms with van der Waals surface area (Å²) in [6.45, 7) is 8.31. The maximum absolute atomic E-state index is 6.42. The van der Waals surface area contributed by atoms with E-state index in [0.717, 1.165) is 60.5 Å². The first kappa shape index (κ1) is 20.8. The molecule has 0 unspecified atom stereocenters. The highest BCUT2D eigenvalue weighted by Crippen LogP contribution is 2.40. The molecule has 7 rings (SSSR count). The third-order valence-electron chi connectivity index (χ3n) is 7.72. The second-order valence-corrected chi connectivity index (χ2v) is 10.4. The molecule has 4 aromatic carbocycles. The number of fused-ring (bicyclic) bond motifs is 6. The lowest BCUT2D eigenvalue weighted by Crippen LogP contribution is -2.41. The lowest BCUT2D eigenvalue weighted by Gasteiger charge is -2.32. The summed E-state index contributed by atoms with van der Waals surface area (Å²) in [5, 5.41) is 4.35. The van der Waals surface area contributed by atoms with Gasteiger partial charge in [0.25, 0.3) is 0 Å². The summed E-state index contributed by atoms with van der Waals surface area (Å²) < 4.78 is 25.4. The number of hydrogen-bond acceptors (Lipinski definition) is 4. The predicted molar refractivity (Wildman–Crippen MR) is 142 cm³/mol. The second-order valence-electron chi connectivity index (χ2n) is 10.4. The fourth-order valence-electron chi connectivity index (χ4n) is 5.07. The topological polar surface area (TPSA) is 44.7 Å². The van der Waals surface area contributed by atoms with Crippen LogP contribution in [0.2, 0.25) is 0 Å². The highest BCUT2D eigenvalue weighted by Gasteiger charge is 2.51. The van der Waals surface area contributed by atoms with Crippen molar-refractivity contribution in [3.05, 3.63) is 78.9 Å². The maximum Gasteiger partial charge on any atom is 0.494 e. The molecule has 1 aliphatic rings. The van der Waals surface area contributed by atoms with E-state index in [1.807, 2.05) is 36.4 Å². The molecule has 0 aliphatic carbocycles. The molecule has 4 nitrogen and oxygen atoms in total. The van der Waals surface area contributed by atoms with Gasteiger partial charge >= 0.3 is 7.12 Å². The molecule has 5 heteroatoms. The van der Waals surface area contributed by atoms with Crippen molar-refractivity contribution in [2.45, 2.75) is 38.9 Å². The molecule has 0 atom stereocenters. The summed E-state index contributed by atoms with van der Waals surface area (Å²) in [7, 11) is -0.466. The van der Waals surface area contributed by atoms with Crippen molar-refractivity contribution >= 4 is 56.5 Å². The van der Waals surface area contributed by atoms with Crippen LogP contribution in [0.25, 0.3) is 55.0 Å². The average molecular weight is 460 g/mol. The zero-order valence-corrected chi connectivity index (χ0v) is 20.2. The van der Waals surface area contributed by atoms with Crippen LogP contribution < -0.4 is 5.46 Å². The van der Waals surface area contributed by atoms with Gasteiger partial charge in [-0.15, -0.1) is 0 Å². The Bertz CT molecular complexity index is 1760. The van der Waals surface area contributed by atoms with Crippen molar-refractivity contribution in [1.29, 1.82) is 0 Å². The molecule has 1 fully saturated rings. The van der Waals surface area contributed by atoms with E-state index in [-0.39, 0.29) is 0 Å². The molecular formula is C30H25BO4. The largest absolute Gasteiger partial charge is 0.494 e. The summed E-state index contributed by atoms with van der Waals surface area (Å²) in [6, 6.07) is 26.9. The summed E-state index contributed by atoms with van der Waals surface area (Å²) in [5.41, 5.74) is 5.61. The summed E-state index contributed by atoms with van der Waals surface area (Å²) in [5.74, 6) is 0. The first-order chi connectivity index (χ1) is 16.8. The molecule has 35 heavy (non-hydrogen) atoms. The Kier molecular flexibility index (Phi) is 4.16. The standard InChI is InChI=1S/C30H25BO4/c1-29(2)30(3,4)35-31(34-29)19-16-23(28-24(17-19)21-10-6-8-12-26(21)33-28)18-13-14-22-20-9-5-7-11-25(20)32-27(22)15-18/h5-17H,1-4H3. The fraction of sp³-hybridized carbons (Fsp3) is 0.200. The van der Waals surface area contributed by atoms with Crippen LogP contribution in [-0.4, -0.2) is 18.3 Å². The van der Waals surface area contributed by atoms with E-state index in [1.165, 1.54) is 0 Å². The van der Waals surface area contributed by atoms with Crippen LogP contribution in [0.3, 0.4) is 0 Å². The van der Waals surface area contributed by atoms with E-state index < -0.39 is 18.3 Å². The Hall–Kier alpha value is -3.54. The molecule has 2 aromatic heterocycles. The average Bonchev–Trinajstić information content (AvgIpc) is 3.46. The molecule has 0 amide bonds. The Morgan fingerprint density at radius 1 is 0.571 bits per heavy atom. The van der Waals surface area contributed by atoms with Gasteiger partial charge in [0.05, 0.1) is 11.2 Å². The quantitative estimate of drug-likeness (QED) is 0.252. The van der Waals surface area contributed by atoms with Crippen LogP contribution in [0.5, 0.6) is 0 Å². The van der Waals surface area contributed by atoms with Gasteiger partial charge in [0.1, 0.15) is 22.3 Å². The Morgan fingerprint density at radius 3 is 1.89 bits per heavy atom. The lowest BCUT2D eigenvalue weighted by atomic mass is 9.77. The normalized spacial score (nSPS) is 17.3. The Labute approximate surface area is 203 Å². The minimum Gasteiger partial charge on any atom is -0.456 e. The minimum absolute atomic E-state index is 0.418. The van der Waals surface area contributed by atoms with Gasteiger partial charge in [0.2, 0.25) is 0 Å². The second kappa shape index (κ2) is 7.00. The maximum atomic E-state index is 6.42. The van der Waals surface area contributed by atoms with E-state index in [4.69, 9.17) is 18.1 Å². The number of furan rings is 2. The van der Waals surface area contributed by atoms with Gasteiger partial charge in [-0.1, -0.05) is 54.6 Å². The van der Waals surface area contributed by atoms with Crippen molar-refractivity contribution in [2.24, 2.45) is 0 Å². The highest BCUT2D eigenvalue weighted by molar-refractivity contribution is 6.62. The van der Waals surface area contributed by atoms with E-state index >= 15 is 0 Å². The Balaban J connectivity index is 1.48. The lowest BCUT2D eigenvalue weighted by molar-refractivity contribution is 0.00578. The molecule has 6 aromatic rings. The molecular weight excluding hydrogens is 435 g/mol. The van der Waals surface area contributed by atoms with Gasteiger partial charge in [0.15, 0.2) is 0 Å². The molecule has 172 valence electrons. The van der Waals surface area contributed by atoms with Gasteiger partial charge in [-0.3, -0.25) is 0 Å². The highest BCUT2D eigenvalue weighted by atomic mass is 16.7. The van der Waals surface area contributed by atoms with Gasteiger partial charge in [0, 0.05) is 27.1 Å². The molecule has 3 heterocycles. The van der Waals surface area contributed by atoms with E-state index in [1.54, 1.807) is 0 Å².